The molecule has 0 fully saturated rings. The summed E-state index contributed by atoms with van der Waals surface area (Å²) >= 11 is 5.93. The normalized spacial score (nSPS) is 10.5. The molecule has 0 aliphatic rings. The summed E-state index contributed by atoms with van der Waals surface area (Å²) in [5.41, 5.74) is 6.11. The van der Waals surface area contributed by atoms with Gasteiger partial charge in [-0.1, -0.05) is 11.6 Å². The zero-order valence-electron chi connectivity index (χ0n) is 9.95. The summed E-state index contributed by atoms with van der Waals surface area (Å²) in [6, 6.07) is 5.51. The van der Waals surface area contributed by atoms with Crippen LogP contribution < -0.4 is 5.73 Å². The van der Waals surface area contributed by atoms with Gasteiger partial charge in [0.05, 0.1) is 11.4 Å². The molecular formula is C13H10ClFN2O2. The Morgan fingerprint density at radius 1 is 1.42 bits per heavy atom. The Morgan fingerprint density at radius 3 is 2.74 bits per heavy atom. The van der Waals surface area contributed by atoms with E-state index in [4.69, 9.17) is 22.4 Å². The molecule has 98 valence electrons. The Morgan fingerprint density at radius 2 is 2.11 bits per heavy atom. The van der Waals surface area contributed by atoms with E-state index < -0.39 is 11.8 Å². The van der Waals surface area contributed by atoms with E-state index >= 15 is 0 Å². The number of aryl methyl sites for hydroxylation is 1. The summed E-state index contributed by atoms with van der Waals surface area (Å²) in [6.45, 7) is 1.67. The Balaban J connectivity index is 2.63. The lowest BCUT2D eigenvalue weighted by Gasteiger charge is -2.08. The van der Waals surface area contributed by atoms with Crippen molar-refractivity contribution in [3.63, 3.8) is 0 Å². The van der Waals surface area contributed by atoms with E-state index in [0.717, 1.165) is 0 Å². The van der Waals surface area contributed by atoms with Crippen LogP contribution in [0.1, 0.15) is 16.1 Å². The Labute approximate surface area is 113 Å². The zero-order valence-corrected chi connectivity index (χ0v) is 10.7. The number of carbonyl (C=O) groups is 1. The fraction of sp³-hybridized carbons (Fsp3) is 0.0769. The second-order valence-corrected chi connectivity index (χ2v) is 4.43. The smallest absolute Gasteiger partial charge is 0.356 e. The van der Waals surface area contributed by atoms with Crippen LogP contribution in [-0.4, -0.2) is 16.1 Å². The van der Waals surface area contributed by atoms with Crippen molar-refractivity contribution in [2.24, 2.45) is 0 Å². The van der Waals surface area contributed by atoms with Crippen molar-refractivity contribution in [3.8, 4) is 11.3 Å². The SMILES string of the molecule is Cc1cc(F)c(-c2ccc(N)c(C(=O)O)n2)cc1Cl. The average Bonchev–Trinajstić information content (AvgIpc) is 2.34. The maximum atomic E-state index is 13.9. The number of hydrogen-bond acceptors (Lipinski definition) is 3. The van der Waals surface area contributed by atoms with Crippen molar-refractivity contribution in [2.75, 3.05) is 5.73 Å². The number of hydrogen-bond donors (Lipinski definition) is 2. The van der Waals surface area contributed by atoms with Gasteiger partial charge in [0.15, 0.2) is 5.69 Å². The summed E-state index contributed by atoms with van der Waals surface area (Å²) in [5, 5.41) is 9.32. The second-order valence-electron chi connectivity index (χ2n) is 4.02. The second kappa shape index (κ2) is 4.85. The first-order valence-corrected chi connectivity index (χ1v) is 5.73. The van der Waals surface area contributed by atoms with Gasteiger partial charge in [-0.3, -0.25) is 0 Å². The fourth-order valence-electron chi connectivity index (χ4n) is 1.63. The number of halogens is 2. The van der Waals surface area contributed by atoms with E-state index in [0.29, 0.717) is 10.6 Å². The number of nitrogen functional groups attached to an aromatic ring is 1. The van der Waals surface area contributed by atoms with Gasteiger partial charge < -0.3 is 10.8 Å². The molecular weight excluding hydrogens is 271 g/mol. The minimum Gasteiger partial charge on any atom is -0.476 e. The molecule has 0 saturated carbocycles. The van der Waals surface area contributed by atoms with Crippen LogP contribution in [0.2, 0.25) is 5.02 Å². The van der Waals surface area contributed by atoms with E-state index in [1.807, 2.05) is 0 Å². The molecule has 6 heteroatoms. The summed E-state index contributed by atoms with van der Waals surface area (Å²) < 4.78 is 13.9. The van der Waals surface area contributed by atoms with Crippen LogP contribution >= 0.6 is 11.6 Å². The van der Waals surface area contributed by atoms with Gasteiger partial charge in [0, 0.05) is 10.6 Å². The third-order valence-corrected chi connectivity index (χ3v) is 3.06. The van der Waals surface area contributed by atoms with Gasteiger partial charge in [0.25, 0.3) is 0 Å². The number of benzene rings is 1. The largest absolute Gasteiger partial charge is 0.476 e. The van der Waals surface area contributed by atoms with E-state index in [1.165, 1.54) is 24.3 Å². The van der Waals surface area contributed by atoms with Crippen LogP contribution in [0.25, 0.3) is 11.3 Å². The standard InChI is InChI=1S/C13H10ClFN2O2/c1-6-4-9(15)7(5-8(6)14)11-3-2-10(16)12(17-11)13(18)19/h2-5H,16H2,1H3,(H,18,19). The van der Waals surface area contributed by atoms with Gasteiger partial charge >= 0.3 is 5.97 Å². The minimum atomic E-state index is -1.27. The molecule has 0 unspecified atom stereocenters. The van der Waals surface area contributed by atoms with E-state index in [1.54, 1.807) is 6.92 Å². The first-order valence-electron chi connectivity index (χ1n) is 5.36. The average molecular weight is 281 g/mol. The highest BCUT2D eigenvalue weighted by Gasteiger charge is 2.15. The predicted molar refractivity (Wildman–Crippen MR) is 70.7 cm³/mol. The number of rotatable bonds is 2. The molecule has 4 nitrogen and oxygen atoms in total. The van der Waals surface area contributed by atoms with Gasteiger partial charge in [-0.2, -0.15) is 0 Å². The highest BCUT2D eigenvalue weighted by molar-refractivity contribution is 6.31. The molecule has 1 aromatic heterocycles. The maximum Gasteiger partial charge on any atom is 0.356 e. The summed E-state index contributed by atoms with van der Waals surface area (Å²) in [4.78, 5) is 14.8. The van der Waals surface area contributed by atoms with Crippen molar-refractivity contribution >= 4 is 23.3 Å². The molecule has 0 amide bonds. The van der Waals surface area contributed by atoms with Crippen molar-refractivity contribution in [2.45, 2.75) is 6.92 Å². The van der Waals surface area contributed by atoms with E-state index in [9.17, 15) is 9.18 Å². The molecule has 3 N–H and O–H groups in total. The molecule has 0 aliphatic carbocycles. The van der Waals surface area contributed by atoms with Crippen LogP contribution in [0.4, 0.5) is 10.1 Å². The van der Waals surface area contributed by atoms with Crippen molar-refractivity contribution in [1.29, 1.82) is 0 Å². The maximum absolute atomic E-state index is 13.9. The molecule has 1 heterocycles. The quantitative estimate of drug-likeness (QED) is 0.886. The molecule has 19 heavy (non-hydrogen) atoms. The van der Waals surface area contributed by atoms with E-state index in [-0.39, 0.29) is 22.6 Å². The number of carboxylic acids is 1. The molecule has 2 aromatic rings. The lowest BCUT2D eigenvalue weighted by Crippen LogP contribution is -2.06. The van der Waals surface area contributed by atoms with Crippen molar-refractivity contribution < 1.29 is 14.3 Å². The lowest BCUT2D eigenvalue weighted by atomic mass is 10.1. The third kappa shape index (κ3) is 2.51. The van der Waals surface area contributed by atoms with Crippen LogP contribution in [0, 0.1) is 12.7 Å². The number of anilines is 1. The highest BCUT2D eigenvalue weighted by Crippen LogP contribution is 2.28. The summed E-state index contributed by atoms with van der Waals surface area (Å²) in [5.74, 6) is -1.78. The third-order valence-electron chi connectivity index (χ3n) is 2.65. The first-order chi connectivity index (χ1) is 8.90. The Bertz CT molecular complexity index is 674. The molecule has 0 atom stereocenters. The highest BCUT2D eigenvalue weighted by atomic mass is 35.5. The van der Waals surface area contributed by atoms with Crippen molar-refractivity contribution in [1.82, 2.24) is 4.98 Å². The zero-order chi connectivity index (χ0) is 14.2. The van der Waals surface area contributed by atoms with Crippen LogP contribution in [0.5, 0.6) is 0 Å². The number of nitrogens with zero attached hydrogens (tertiary/aromatic N) is 1. The molecule has 0 radical (unpaired) electrons. The van der Waals surface area contributed by atoms with Gasteiger partial charge in [0.2, 0.25) is 0 Å². The minimum absolute atomic E-state index is 0.0230. The van der Waals surface area contributed by atoms with Crippen LogP contribution in [0.3, 0.4) is 0 Å². The van der Waals surface area contributed by atoms with Gasteiger partial charge in [-0.15, -0.1) is 0 Å². The number of nitrogens with two attached hydrogens (primary N) is 1. The molecule has 0 aliphatic heterocycles. The Hall–Kier alpha value is -2.14. The van der Waals surface area contributed by atoms with E-state index in [2.05, 4.69) is 4.98 Å². The Kier molecular flexibility index (Phi) is 3.40. The molecule has 0 saturated heterocycles. The first kappa shape index (κ1) is 13.3. The van der Waals surface area contributed by atoms with Crippen molar-refractivity contribution in [3.05, 3.63) is 46.4 Å². The predicted octanol–water partition coefficient (Wildman–Crippen LogP) is 3.13. The molecule has 1 aromatic carbocycles. The van der Waals surface area contributed by atoms with Gasteiger partial charge in [-0.25, -0.2) is 14.2 Å². The summed E-state index contributed by atoms with van der Waals surface area (Å²) in [6.07, 6.45) is 0. The van der Waals surface area contributed by atoms with Gasteiger partial charge in [0.1, 0.15) is 5.82 Å². The topological polar surface area (TPSA) is 76.2 Å². The number of pyridine rings is 1. The monoisotopic (exact) mass is 280 g/mol. The van der Waals surface area contributed by atoms with Crippen LogP contribution in [-0.2, 0) is 0 Å². The summed E-state index contributed by atoms with van der Waals surface area (Å²) in [7, 11) is 0. The number of aromatic carboxylic acids is 1. The van der Waals surface area contributed by atoms with Gasteiger partial charge in [-0.05, 0) is 36.8 Å². The lowest BCUT2D eigenvalue weighted by molar-refractivity contribution is 0.0692. The number of carboxylic acid groups (broad SMARTS) is 1. The van der Waals surface area contributed by atoms with Crippen LogP contribution in [0.15, 0.2) is 24.3 Å². The molecule has 2 rings (SSSR count). The number of aromatic nitrogens is 1. The fourth-order valence-corrected chi connectivity index (χ4v) is 1.80. The molecule has 0 spiro atoms. The molecule has 0 bridgehead atoms.